The van der Waals surface area contributed by atoms with Gasteiger partial charge in [0.1, 0.15) is 18.3 Å². The molecular weight excluding hydrogens is 586 g/mol. The van der Waals surface area contributed by atoms with Crippen LogP contribution >= 0.6 is 0 Å². The van der Waals surface area contributed by atoms with Crippen LogP contribution in [0.4, 0.5) is 5.69 Å². The third-order valence-corrected chi connectivity index (χ3v) is 9.28. The average molecular weight is 628 g/mol. The number of nitrogens with one attached hydrogen (secondary N) is 1. The van der Waals surface area contributed by atoms with Crippen LogP contribution < -0.4 is 14.4 Å². The molecule has 0 aliphatic carbocycles. The summed E-state index contributed by atoms with van der Waals surface area (Å²) in [6, 6.07) is 29.7. The molecule has 0 radical (unpaired) electrons. The van der Waals surface area contributed by atoms with Crippen LogP contribution in [-0.2, 0) is 32.6 Å². The molecule has 236 valence electrons. The number of anilines is 1. The lowest BCUT2D eigenvalue weighted by Gasteiger charge is -2.34. The van der Waals surface area contributed by atoms with Crippen LogP contribution in [0.15, 0.2) is 108 Å². The van der Waals surface area contributed by atoms with Crippen LogP contribution in [0.5, 0.6) is 5.75 Å². The Bertz CT molecular complexity index is 1680. The summed E-state index contributed by atoms with van der Waals surface area (Å²) in [6.45, 7) is 5.69. The molecule has 45 heavy (non-hydrogen) atoms. The van der Waals surface area contributed by atoms with E-state index in [0.717, 1.165) is 33.0 Å². The molecule has 1 unspecified atom stereocenters. The second-order valence-electron chi connectivity index (χ2n) is 11.0. The zero-order chi connectivity index (χ0) is 32.4. The van der Waals surface area contributed by atoms with Gasteiger partial charge in [0.25, 0.3) is 10.0 Å². The molecule has 0 spiro atoms. The first-order chi connectivity index (χ1) is 21.6. The Morgan fingerprint density at radius 2 is 1.42 bits per heavy atom. The van der Waals surface area contributed by atoms with Crippen molar-refractivity contribution < 1.29 is 22.7 Å². The second-order valence-corrected chi connectivity index (χ2v) is 12.9. The number of benzene rings is 4. The average Bonchev–Trinajstić information content (AvgIpc) is 3.05. The predicted molar refractivity (Wildman–Crippen MR) is 178 cm³/mol. The SMILES string of the molecule is CCCNC(=O)C(Cc1ccccc1)N(Cc1ccccc1)C(=O)CN(c1cc(C)ccc1OC)S(=O)(=O)c1ccc(C)cc1. The number of amides is 2. The molecule has 4 aromatic rings. The minimum Gasteiger partial charge on any atom is -0.495 e. The van der Waals surface area contributed by atoms with Crippen molar-refractivity contribution in [3.63, 3.8) is 0 Å². The molecule has 4 rings (SSSR count). The van der Waals surface area contributed by atoms with E-state index in [9.17, 15) is 18.0 Å². The van der Waals surface area contributed by atoms with Crippen molar-refractivity contribution in [3.05, 3.63) is 125 Å². The van der Waals surface area contributed by atoms with Crippen LogP contribution in [0.25, 0.3) is 0 Å². The van der Waals surface area contributed by atoms with E-state index in [4.69, 9.17) is 4.74 Å². The zero-order valence-electron chi connectivity index (χ0n) is 26.3. The Kier molecular flexibility index (Phi) is 11.4. The first-order valence-electron chi connectivity index (χ1n) is 15.0. The third-order valence-electron chi connectivity index (χ3n) is 7.51. The fourth-order valence-electron chi connectivity index (χ4n) is 5.05. The van der Waals surface area contributed by atoms with E-state index in [1.165, 1.54) is 24.1 Å². The highest BCUT2D eigenvalue weighted by molar-refractivity contribution is 7.92. The summed E-state index contributed by atoms with van der Waals surface area (Å²) >= 11 is 0. The molecule has 1 N–H and O–H groups in total. The molecule has 0 bridgehead atoms. The topological polar surface area (TPSA) is 96.0 Å². The molecule has 0 aliphatic rings. The summed E-state index contributed by atoms with van der Waals surface area (Å²) < 4.78 is 35.3. The number of methoxy groups -OCH3 is 1. The number of rotatable bonds is 14. The summed E-state index contributed by atoms with van der Waals surface area (Å²) in [4.78, 5) is 29.8. The van der Waals surface area contributed by atoms with Gasteiger partial charge in [-0.1, -0.05) is 91.3 Å². The molecule has 9 heteroatoms. The van der Waals surface area contributed by atoms with Crippen LogP contribution in [0, 0.1) is 13.8 Å². The largest absolute Gasteiger partial charge is 0.495 e. The van der Waals surface area contributed by atoms with Crippen molar-refractivity contribution in [2.24, 2.45) is 0 Å². The molecule has 8 nitrogen and oxygen atoms in total. The van der Waals surface area contributed by atoms with Crippen LogP contribution in [0.1, 0.15) is 35.6 Å². The van der Waals surface area contributed by atoms with E-state index < -0.39 is 28.5 Å². The lowest BCUT2D eigenvalue weighted by molar-refractivity contribution is -0.140. The molecule has 0 saturated carbocycles. The van der Waals surface area contributed by atoms with Crippen molar-refractivity contribution in [1.29, 1.82) is 0 Å². The zero-order valence-corrected chi connectivity index (χ0v) is 27.1. The van der Waals surface area contributed by atoms with Gasteiger partial charge < -0.3 is 15.0 Å². The van der Waals surface area contributed by atoms with Gasteiger partial charge in [-0.15, -0.1) is 0 Å². The van der Waals surface area contributed by atoms with E-state index in [0.29, 0.717) is 12.3 Å². The van der Waals surface area contributed by atoms with E-state index in [1.807, 2.05) is 87.5 Å². The van der Waals surface area contributed by atoms with Gasteiger partial charge in [0.2, 0.25) is 11.8 Å². The first kappa shape index (κ1) is 33.3. The number of sulfonamides is 1. The summed E-state index contributed by atoms with van der Waals surface area (Å²) in [7, 11) is -2.77. The summed E-state index contributed by atoms with van der Waals surface area (Å²) in [6.07, 6.45) is 0.986. The van der Waals surface area contributed by atoms with Crippen LogP contribution in [-0.4, -0.2) is 51.4 Å². The van der Waals surface area contributed by atoms with Gasteiger partial charge in [-0.25, -0.2) is 8.42 Å². The fourth-order valence-corrected chi connectivity index (χ4v) is 6.46. The molecule has 1 atom stereocenters. The highest BCUT2D eigenvalue weighted by atomic mass is 32.2. The monoisotopic (exact) mass is 627 g/mol. The molecule has 0 saturated heterocycles. The molecule has 0 fully saturated rings. The fraction of sp³-hybridized carbons (Fsp3) is 0.278. The molecule has 2 amide bonds. The van der Waals surface area contributed by atoms with Gasteiger partial charge in [0.05, 0.1) is 17.7 Å². The molecule has 4 aromatic carbocycles. The number of hydrogen-bond donors (Lipinski definition) is 1. The Morgan fingerprint density at radius 1 is 0.822 bits per heavy atom. The number of nitrogens with zero attached hydrogens (tertiary/aromatic N) is 2. The highest BCUT2D eigenvalue weighted by Gasteiger charge is 2.35. The maximum Gasteiger partial charge on any atom is 0.264 e. The second kappa shape index (κ2) is 15.4. The summed E-state index contributed by atoms with van der Waals surface area (Å²) in [5.74, 6) is -0.517. The Balaban J connectivity index is 1.83. The number of aryl methyl sites for hydroxylation is 2. The lowest BCUT2D eigenvalue weighted by atomic mass is 10.0. The van der Waals surface area contributed by atoms with Crippen molar-refractivity contribution in [2.75, 3.05) is 24.5 Å². The predicted octanol–water partition coefficient (Wildman–Crippen LogP) is 5.67. The smallest absolute Gasteiger partial charge is 0.264 e. The van der Waals surface area contributed by atoms with E-state index >= 15 is 0 Å². The summed E-state index contributed by atoms with van der Waals surface area (Å²) in [5, 5.41) is 2.96. The van der Waals surface area contributed by atoms with Gasteiger partial charge in [0.15, 0.2) is 0 Å². The lowest BCUT2D eigenvalue weighted by Crippen LogP contribution is -2.53. The van der Waals surface area contributed by atoms with Crippen LogP contribution in [0.2, 0.25) is 0 Å². The first-order valence-corrected chi connectivity index (χ1v) is 16.5. The Labute approximate surface area is 266 Å². The van der Waals surface area contributed by atoms with Gasteiger partial charge in [-0.3, -0.25) is 13.9 Å². The standard InChI is InChI=1S/C36H41N3O5S/c1-5-22-37-36(41)33(24-29-12-8-6-9-13-29)38(25-30-14-10-7-11-15-30)35(40)26-39(32-23-28(3)18-21-34(32)44-4)45(42,43)31-19-16-27(2)17-20-31/h6-21,23,33H,5,22,24-26H2,1-4H3,(H,37,41). The third kappa shape index (κ3) is 8.51. The van der Waals surface area contributed by atoms with E-state index in [-0.39, 0.29) is 29.5 Å². The van der Waals surface area contributed by atoms with Crippen molar-refractivity contribution >= 4 is 27.5 Å². The molecule has 0 heterocycles. The van der Waals surface area contributed by atoms with Gasteiger partial charge in [-0.05, 0) is 61.2 Å². The maximum atomic E-state index is 14.6. The van der Waals surface area contributed by atoms with Crippen LogP contribution in [0.3, 0.4) is 0 Å². The van der Waals surface area contributed by atoms with E-state index in [2.05, 4.69) is 5.32 Å². The van der Waals surface area contributed by atoms with Crippen molar-refractivity contribution in [2.45, 2.75) is 51.1 Å². The minimum atomic E-state index is -4.24. The number of carbonyl (C=O) groups is 2. The number of carbonyl (C=O) groups excluding carboxylic acids is 2. The normalized spacial score (nSPS) is 11.8. The number of hydrogen-bond acceptors (Lipinski definition) is 5. The van der Waals surface area contributed by atoms with Gasteiger partial charge in [0, 0.05) is 19.5 Å². The molecule has 0 aliphatic heterocycles. The molecule has 0 aromatic heterocycles. The van der Waals surface area contributed by atoms with Crippen molar-refractivity contribution in [1.82, 2.24) is 10.2 Å². The summed E-state index contributed by atoms with van der Waals surface area (Å²) in [5.41, 5.74) is 3.63. The van der Waals surface area contributed by atoms with Gasteiger partial charge >= 0.3 is 0 Å². The quantitative estimate of drug-likeness (QED) is 0.194. The highest BCUT2D eigenvalue weighted by Crippen LogP contribution is 2.34. The Morgan fingerprint density at radius 3 is 2.02 bits per heavy atom. The van der Waals surface area contributed by atoms with Gasteiger partial charge in [-0.2, -0.15) is 0 Å². The maximum absolute atomic E-state index is 14.6. The minimum absolute atomic E-state index is 0.0422. The molecular formula is C36H41N3O5S. The van der Waals surface area contributed by atoms with E-state index in [1.54, 1.807) is 24.3 Å². The number of ether oxygens (including phenoxy) is 1. The van der Waals surface area contributed by atoms with Crippen molar-refractivity contribution in [3.8, 4) is 5.75 Å². The Hall–Kier alpha value is -4.63.